The molecule has 3 nitrogen and oxygen atoms in total. The Morgan fingerprint density at radius 2 is 1.55 bits per heavy atom. The van der Waals surface area contributed by atoms with Crippen LogP contribution in [0, 0.1) is 5.82 Å². The highest BCUT2D eigenvalue weighted by Crippen LogP contribution is 2.29. The van der Waals surface area contributed by atoms with Gasteiger partial charge in [0, 0.05) is 6.54 Å². The van der Waals surface area contributed by atoms with E-state index in [9.17, 15) is 17.6 Å². The Kier molecular flexibility index (Phi) is 5.08. The van der Waals surface area contributed by atoms with Crippen molar-refractivity contribution in [3.05, 3.63) is 54.3 Å². The Morgan fingerprint density at radius 1 is 0.909 bits per heavy atom. The predicted molar refractivity (Wildman–Crippen MR) is 73.5 cm³/mol. The van der Waals surface area contributed by atoms with Crippen molar-refractivity contribution >= 4 is 5.69 Å². The van der Waals surface area contributed by atoms with Crippen LogP contribution in [0.3, 0.4) is 0 Å². The number of hydrogen-bond donors (Lipinski definition) is 1. The third kappa shape index (κ3) is 4.83. The first kappa shape index (κ1) is 15.9. The highest BCUT2D eigenvalue weighted by molar-refractivity contribution is 5.56. The van der Waals surface area contributed by atoms with E-state index in [0.29, 0.717) is 0 Å². The molecular weight excluding hydrogens is 302 g/mol. The molecule has 0 spiro atoms. The fraction of sp³-hybridized carbons (Fsp3) is 0.200. The van der Waals surface area contributed by atoms with Crippen molar-refractivity contribution in [2.24, 2.45) is 0 Å². The van der Waals surface area contributed by atoms with Gasteiger partial charge in [0.1, 0.15) is 6.61 Å². The van der Waals surface area contributed by atoms with Crippen LogP contribution in [0.25, 0.3) is 0 Å². The molecule has 0 atom stereocenters. The van der Waals surface area contributed by atoms with Crippen molar-refractivity contribution < 1.29 is 27.0 Å². The lowest BCUT2D eigenvalue weighted by Crippen LogP contribution is -2.19. The zero-order chi connectivity index (χ0) is 16.0. The standard InChI is InChI=1S/C15H13F4NO2/c16-11-5-1-3-7-13(11)21-10-9-20-12-6-2-4-8-14(12)22-15(17,18)19/h1-8,20H,9-10H2. The molecule has 0 bridgehead atoms. The summed E-state index contributed by atoms with van der Waals surface area (Å²) in [4.78, 5) is 0. The van der Waals surface area contributed by atoms with Crippen molar-refractivity contribution in [3.8, 4) is 11.5 Å². The molecule has 22 heavy (non-hydrogen) atoms. The lowest BCUT2D eigenvalue weighted by atomic mass is 10.3. The molecule has 0 amide bonds. The van der Waals surface area contributed by atoms with Crippen molar-refractivity contribution in [3.63, 3.8) is 0 Å². The second kappa shape index (κ2) is 7.02. The van der Waals surface area contributed by atoms with Crippen molar-refractivity contribution in [1.82, 2.24) is 0 Å². The van der Waals surface area contributed by atoms with Gasteiger partial charge in [0.2, 0.25) is 0 Å². The van der Waals surface area contributed by atoms with Crippen LogP contribution in [-0.4, -0.2) is 19.5 Å². The summed E-state index contributed by atoms with van der Waals surface area (Å²) >= 11 is 0. The van der Waals surface area contributed by atoms with Gasteiger partial charge in [-0.1, -0.05) is 24.3 Å². The van der Waals surface area contributed by atoms with Crippen LogP contribution in [-0.2, 0) is 0 Å². The van der Waals surface area contributed by atoms with Crippen LogP contribution < -0.4 is 14.8 Å². The van der Waals surface area contributed by atoms with Gasteiger partial charge < -0.3 is 14.8 Å². The van der Waals surface area contributed by atoms with Crippen molar-refractivity contribution in [2.45, 2.75) is 6.36 Å². The molecule has 0 fully saturated rings. The van der Waals surface area contributed by atoms with E-state index in [4.69, 9.17) is 4.74 Å². The zero-order valence-electron chi connectivity index (χ0n) is 11.4. The lowest BCUT2D eigenvalue weighted by Gasteiger charge is -2.14. The first-order valence-corrected chi connectivity index (χ1v) is 6.42. The number of halogens is 4. The molecule has 2 rings (SSSR count). The van der Waals surface area contributed by atoms with E-state index in [0.717, 1.165) is 0 Å². The smallest absolute Gasteiger partial charge is 0.489 e. The first-order chi connectivity index (χ1) is 10.5. The maximum Gasteiger partial charge on any atom is 0.573 e. The normalized spacial score (nSPS) is 11.1. The van der Waals surface area contributed by atoms with Gasteiger partial charge in [0.15, 0.2) is 17.3 Å². The zero-order valence-corrected chi connectivity index (χ0v) is 11.4. The van der Waals surface area contributed by atoms with Crippen molar-refractivity contribution in [1.29, 1.82) is 0 Å². The highest BCUT2D eigenvalue weighted by Gasteiger charge is 2.32. The topological polar surface area (TPSA) is 30.5 Å². The van der Waals surface area contributed by atoms with E-state index < -0.39 is 12.2 Å². The minimum Gasteiger partial charge on any atom is -0.489 e. The van der Waals surface area contributed by atoms with E-state index in [2.05, 4.69) is 10.1 Å². The minimum absolute atomic E-state index is 0.0846. The number of para-hydroxylation sites is 3. The molecule has 1 N–H and O–H groups in total. The van der Waals surface area contributed by atoms with Gasteiger partial charge in [-0.3, -0.25) is 0 Å². The predicted octanol–water partition coefficient (Wildman–Crippen LogP) is 4.22. The molecular formula is C15H13F4NO2. The number of rotatable bonds is 6. The average Bonchev–Trinajstić information content (AvgIpc) is 2.45. The Balaban J connectivity index is 1.88. The van der Waals surface area contributed by atoms with Crippen LogP contribution in [0.5, 0.6) is 11.5 Å². The van der Waals surface area contributed by atoms with Gasteiger partial charge in [-0.15, -0.1) is 13.2 Å². The Labute approximate surface area is 124 Å². The summed E-state index contributed by atoms with van der Waals surface area (Å²) in [6.45, 7) is 0.272. The summed E-state index contributed by atoms with van der Waals surface area (Å²) in [7, 11) is 0. The summed E-state index contributed by atoms with van der Waals surface area (Å²) in [5.41, 5.74) is 0.178. The van der Waals surface area contributed by atoms with E-state index in [1.807, 2.05) is 0 Å². The summed E-state index contributed by atoms with van der Waals surface area (Å²) in [6.07, 6.45) is -4.76. The molecule has 7 heteroatoms. The molecule has 0 aliphatic heterocycles. The summed E-state index contributed by atoms with van der Waals surface area (Å²) in [5, 5.41) is 2.75. The van der Waals surface area contributed by atoms with Crippen LogP contribution in [0.1, 0.15) is 0 Å². The Morgan fingerprint density at radius 3 is 2.23 bits per heavy atom. The van der Waals surface area contributed by atoms with Crippen LogP contribution >= 0.6 is 0 Å². The maximum absolute atomic E-state index is 13.3. The van der Waals surface area contributed by atoms with Gasteiger partial charge in [-0.2, -0.15) is 0 Å². The molecule has 2 aromatic carbocycles. The lowest BCUT2D eigenvalue weighted by molar-refractivity contribution is -0.274. The number of nitrogens with one attached hydrogen (secondary N) is 1. The van der Waals surface area contributed by atoms with E-state index in [1.54, 1.807) is 12.1 Å². The van der Waals surface area contributed by atoms with Gasteiger partial charge >= 0.3 is 6.36 Å². The van der Waals surface area contributed by atoms with Gasteiger partial charge in [0.25, 0.3) is 0 Å². The fourth-order valence-electron chi connectivity index (χ4n) is 1.73. The van der Waals surface area contributed by atoms with Gasteiger partial charge in [0.05, 0.1) is 5.69 Å². The molecule has 0 aromatic heterocycles. The summed E-state index contributed by atoms with van der Waals surface area (Å²) in [6, 6.07) is 11.5. The quantitative estimate of drug-likeness (QED) is 0.640. The SMILES string of the molecule is Fc1ccccc1OCCNc1ccccc1OC(F)(F)F. The van der Waals surface area contributed by atoms with E-state index in [1.165, 1.54) is 36.4 Å². The van der Waals surface area contributed by atoms with Crippen molar-refractivity contribution in [2.75, 3.05) is 18.5 Å². The molecule has 0 heterocycles. The molecule has 2 aromatic rings. The Bertz CT molecular complexity index is 616. The van der Waals surface area contributed by atoms with Crippen LogP contribution in [0.2, 0.25) is 0 Å². The van der Waals surface area contributed by atoms with E-state index in [-0.39, 0.29) is 30.3 Å². The largest absolute Gasteiger partial charge is 0.573 e. The van der Waals surface area contributed by atoms with Gasteiger partial charge in [-0.25, -0.2) is 4.39 Å². The third-order valence-corrected chi connectivity index (χ3v) is 2.62. The fourth-order valence-corrected chi connectivity index (χ4v) is 1.73. The van der Waals surface area contributed by atoms with Crippen LogP contribution in [0.4, 0.5) is 23.2 Å². The Hall–Kier alpha value is -2.44. The van der Waals surface area contributed by atoms with E-state index >= 15 is 0 Å². The number of hydrogen-bond acceptors (Lipinski definition) is 3. The molecule has 0 saturated heterocycles. The minimum atomic E-state index is -4.76. The molecule has 0 radical (unpaired) electrons. The number of alkyl halides is 3. The molecule has 0 saturated carbocycles. The maximum atomic E-state index is 13.3. The highest BCUT2D eigenvalue weighted by atomic mass is 19.4. The number of ether oxygens (including phenoxy) is 2. The monoisotopic (exact) mass is 315 g/mol. The van der Waals surface area contributed by atoms with Gasteiger partial charge in [-0.05, 0) is 24.3 Å². The molecule has 0 unspecified atom stereocenters. The van der Waals surface area contributed by atoms with Crippen LogP contribution in [0.15, 0.2) is 48.5 Å². The second-order valence-electron chi connectivity index (χ2n) is 4.25. The summed E-state index contributed by atoms with van der Waals surface area (Å²) < 4.78 is 59.2. The third-order valence-electron chi connectivity index (χ3n) is 2.62. The second-order valence-corrected chi connectivity index (χ2v) is 4.25. The number of anilines is 1. The first-order valence-electron chi connectivity index (χ1n) is 6.42. The average molecular weight is 315 g/mol. The molecule has 118 valence electrons. The molecule has 0 aliphatic carbocycles. The molecule has 0 aliphatic rings. The number of benzene rings is 2. The summed E-state index contributed by atoms with van der Waals surface area (Å²) in [5.74, 6) is -0.742.